The lowest BCUT2D eigenvalue weighted by Gasteiger charge is -2.01. The van der Waals surface area contributed by atoms with Gasteiger partial charge in [-0.3, -0.25) is 0 Å². The van der Waals surface area contributed by atoms with Crippen molar-refractivity contribution < 1.29 is 14.5 Å². The molecule has 3 aromatic heterocycles. The second kappa shape index (κ2) is 6.03. The Labute approximate surface area is 136 Å². The number of pyridine rings is 1. The molecule has 1 N–H and O–H groups in total. The third kappa shape index (κ3) is 2.67. The SMILES string of the molecule is CCOC(=O)c1cc(Nc2nc3ccccn3c2[N+](=O)[O-])cn1C. The van der Waals surface area contributed by atoms with Crippen LogP contribution in [0.3, 0.4) is 0 Å². The maximum atomic E-state index is 11.8. The van der Waals surface area contributed by atoms with E-state index in [1.54, 1.807) is 55.2 Å². The minimum atomic E-state index is -0.502. The van der Waals surface area contributed by atoms with E-state index < -0.39 is 10.9 Å². The van der Waals surface area contributed by atoms with Gasteiger partial charge in [-0.05, 0) is 24.0 Å². The first-order chi connectivity index (χ1) is 11.5. The molecule has 3 aromatic rings. The lowest BCUT2D eigenvalue weighted by molar-refractivity contribution is -0.389. The zero-order valence-corrected chi connectivity index (χ0v) is 13.1. The third-order valence-corrected chi connectivity index (χ3v) is 3.43. The molecule has 3 rings (SSSR count). The quantitative estimate of drug-likeness (QED) is 0.438. The minimum Gasteiger partial charge on any atom is -0.461 e. The number of nitrogens with zero attached hydrogens (tertiary/aromatic N) is 4. The first-order valence-electron chi connectivity index (χ1n) is 7.23. The normalized spacial score (nSPS) is 10.8. The van der Waals surface area contributed by atoms with E-state index in [2.05, 4.69) is 10.3 Å². The van der Waals surface area contributed by atoms with Crippen LogP contribution in [0.5, 0.6) is 0 Å². The number of anilines is 2. The van der Waals surface area contributed by atoms with Crippen molar-refractivity contribution in [2.24, 2.45) is 7.05 Å². The number of carbonyl (C=O) groups is 1. The van der Waals surface area contributed by atoms with Gasteiger partial charge in [0, 0.05) is 19.3 Å². The smallest absolute Gasteiger partial charge is 0.372 e. The molecule has 0 aliphatic heterocycles. The number of esters is 1. The number of hydrogen-bond donors (Lipinski definition) is 1. The van der Waals surface area contributed by atoms with E-state index in [0.717, 1.165) is 0 Å². The van der Waals surface area contributed by atoms with Crippen molar-refractivity contribution in [2.45, 2.75) is 6.92 Å². The predicted octanol–water partition coefficient (Wildman–Crippen LogP) is 2.50. The van der Waals surface area contributed by atoms with E-state index in [9.17, 15) is 14.9 Å². The molecule has 124 valence electrons. The van der Waals surface area contributed by atoms with Gasteiger partial charge < -0.3 is 24.7 Å². The van der Waals surface area contributed by atoms with Crippen LogP contribution in [0.1, 0.15) is 17.4 Å². The summed E-state index contributed by atoms with van der Waals surface area (Å²) >= 11 is 0. The molecule has 0 atom stereocenters. The van der Waals surface area contributed by atoms with Crippen molar-refractivity contribution >= 4 is 28.9 Å². The highest BCUT2D eigenvalue weighted by Crippen LogP contribution is 2.29. The molecule has 9 nitrogen and oxygen atoms in total. The van der Waals surface area contributed by atoms with Gasteiger partial charge >= 0.3 is 11.8 Å². The van der Waals surface area contributed by atoms with Gasteiger partial charge in [-0.2, -0.15) is 9.38 Å². The number of aryl methyl sites for hydroxylation is 1. The highest BCUT2D eigenvalue weighted by molar-refractivity contribution is 5.89. The molecule has 0 saturated heterocycles. The van der Waals surface area contributed by atoms with Crippen molar-refractivity contribution in [1.29, 1.82) is 0 Å². The Hall–Kier alpha value is -3.36. The van der Waals surface area contributed by atoms with Crippen molar-refractivity contribution in [3.8, 4) is 0 Å². The largest absolute Gasteiger partial charge is 0.461 e. The number of carbonyl (C=O) groups excluding carboxylic acids is 1. The van der Waals surface area contributed by atoms with E-state index in [4.69, 9.17) is 4.74 Å². The van der Waals surface area contributed by atoms with E-state index in [0.29, 0.717) is 17.0 Å². The van der Waals surface area contributed by atoms with Crippen LogP contribution >= 0.6 is 0 Å². The number of rotatable bonds is 5. The van der Waals surface area contributed by atoms with E-state index in [1.807, 2.05) is 0 Å². The van der Waals surface area contributed by atoms with Crippen LogP contribution < -0.4 is 5.32 Å². The molecule has 0 aromatic carbocycles. The number of fused-ring (bicyclic) bond motifs is 1. The van der Waals surface area contributed by atoms with Crippen molar-refractivity contribution in [3.63, 3.8) is 0 Å². The number of nitrogens with one attached hydrogen (secondary N) is 1. The fourth-order valence-electron chi connectivity index (χ4n) is 2.42. The molecular weight excluding hydrogens is 314 g/mol. The molecule has 24 heavy (non-hydrogen) atoms. The van der Waals surface area contributed by atoms with Gasteiger partial charge in [-0.25, -0.2) is 4.79 Å². The average Bonchev–Trinajstić information content (AvgIpc) is 3.07. The molecule has 0 aliphatic carbocycles. The summed E-state index contributed by atoms with van der Waals surface area (Å²) in [4.78, 5) is 27.0. The van der Waals surface area contributed by atoms with Crippen LogP contribution in [0.25, 0.3) is 5.65 Å². The fraction of sp³-hybridized carbons (Fsp3) is 0.200. The van der Waals surface area contributed by atoms with E-state index >= 15 is 0 Å². The molecule has 3 heterocycles. The van der Waals surface area contributed by atoms with Gasteiger partial charge in [-0.1, -0.05) is 6.07 Å². The number of hydrogen-bond acceptors (Lipinski definition) is 6. The lowest BCUT2D eigenvalue weighted by Crippen LogP contribution is -2.08. The third-order valence-electron chi connectivity index (χ3n) is 3.43. The number of ether oxygens (including phenoxy) is 1. The molecule has 0 saturated carbocycles. The maximum absolute atomic E-state index is 11.8. The number of imidazole rings is 1. The van der Waals surface area contributed by atoms with E-state index in [1.165, 1.54) is 4.40 Å². The van der Waals surface area contributed by atoms with Gasteiger partial charge in [0.2, 0.25) is 11.5 Å². The molecule has 0 fully saturated rings. The Morgan fingerprint density at radius 2 is 2.25 bits per heavy atom. The standard InChI is InChI=1S/C15H15N5O4/c1-3-24-15(21)11-8-10(9-18(11)2)16-13-14(20(22)23)19-7-5-4-6-12(19)17-13/h4-9,16H,3H2,1-2H3. The van der Waals surface area contributed by atoms with Crippen LogP contribution in [0.2, 0.25) is 0 Å². The molecular formula is C15H15N5O4. The first kappa shape index (κ1) is 15.5. The van der Waals surface area contributed by atoms with Crippen LogP contribution in [0.4, 0.5) is 17.3 Å². The summed E-state index contributed by atoms with van der Waals surface area (Å²) in [6.07, 6.45) is 3.21. The summed E-state index contributed by atoms with van der Waals surface area (Å²) in [6, 6.07) is 6.67. The molecule has 0 amide bonds. The Bertz CT molecular complexity index is 927. The summed E-state index contributed by atoms with van der Waals surface area (Å²) in [7, 11) is 1.69. The fourth-order valence-corrected chi connectivity index (χ4v) is 2.42. The Morgan fingerprint density at radius 3 is 2.96 bits per heavy atom. The summed E-state index contributed by atoms with van der Waals surface area (Å²) in [6.45, 7) is 1.99. The second-order valence-corrected chi connectivity index (χ2v) is 5.04. The highest BCUT2D eigenvalue weighted by Gasteiger charge is 2.23. The minimum absolute atomic E-state index is 0.104. The van der Waals surface area contributed by atoms with Gasteiger partial charge in [-0.15, -0.1) is 0 Å². The predicted molar refractivity (Wildman–Crippen MR) is 86.5 cm³/mol. The summed E-state index contributed by atoms with van der Waals surface area (Å²) < 4.78 is 7.94. The Kier molecular flexibility index (Phi) is 3.90. The van der Waals surface area contributed by atoms with Crippen molar-refractivity contribution in [3.05, 3.63) is 52.5 Å². The zero-order valence-electron chi connectivity index (χ0n) is 13.1. The van der Waals surface area contributed by atoms with Gasteiger partial charge in [0.05, 0.1) is 18.5 Å². The topological polar surface area (TPSA) is 104 Å². The van der Waals surface area contributed by atoms with Crippen LogP contribution in [0, 0.1) is 10.1 Å². The Morgan fingerprint density at radius 1 is 1.46 bits per heavy atom. The first-order valence-corrected chi connectivity index (χ1v) is 7.23. The Balaban J connectivity index is 1.99. The second-order valence-electron chi connectivity index (χ2n) is 5.04. The maximum Gasteiger partial charge on any atom is 0.372 e. The van der Waals surface area contributed by atoms with Crippen LogP contribution in [-0.4, -0.2) is 31.5 Å². The molecule has 0 radical (unpaired) electrons. The monoisotopic (exact) mass is 329 g/mol. The van der Waals surface area contributed by atoms with Gasteiger partial charge in [0.1, 0.15) is 5.69 Å². The zero-order chi connectivity index (χ0) is 17.3. The van der Waals surface area contributed by atoms with Crippen molar-refractivity contribution in [1.82, 2.24) is 14.0 Å². The lowest BCUT2D eigenvalue weighted by atomic mass is 10.4. The highest BCUT2D eigenvalue weighted by atomic mass is 16.6. The molecule has 0 spiro atoms. The summed E-state index contributed by atoms with van der Waals surface area (Å²) in [5.74, 6) is -0.531. The molecule has 9 heteroatoms. The van der Waals surface area contributed by atoms with E-state index in [-0.39, 0.29) is 18.2 Å². The average molecular weight is 329 g/mol. The number of aromatic nitrogens is 3. The van der Waals surface area contributed by atoms with Crippen LogP contribution in [0.15, 0.2) is 36.7 Å². The van der Waals surface area contributed by atoms with Gasteiger partial charge in [0.25, 0.3) is 0 Å². The summed E-state index contributed by atoms with van der Waals surface area (Å²) in [5, 5.41) is 14.3. The van der Waals surface area contributed by atoms with Crippen molar-refractivity contribution in [2.75, 3.05) is 11.9 Å². The molecule has 0 unspecified atom stereocenters. The molecule has 0 aliphatic rings. The molecule has 0 bridgehead atoms. The van der Waals surface area contributed by atoms with Gasteiger partial charge in [0.15, 0.2) is 0 Å². The number of nitro groups is 1. The summed E-state index contributed by atoms with van der Waals surface area (Å²) in [5.41, 5.74) is 1.30. The van der Waals surface area contributed by atoms with Crippen LogP contribution in [-0.2, 0) is 11.8 Å².